The molecule has 28 heavy (non-hydrogen) atoms. The van der Waals surface area contributed by atoms with Gasteiger partial charge in [0.05, 0.1) is 12.1 Å². The third-order valence-electron chi connectivity index (χ3n) is 5.76. The quantitative estimate of drug-likeness (QED) is 0.420. The lowest BCUT2D eigenvalue weighted by Crippen LogP contribution is -2.70. The van der Waals surface area contributed by atoms with Crippen LogP contribution in [0, 0.1) is 5.92 Å². The Hall–Kier alpha value is -0.520. The van der Waals surface area contributed by atoms with Crippen LogP contribution in [0.2, 0.25) is 0 Å². The number of aliphatic hydroxyl groups is 3. The molecule has 2 aliphatic heterocycles. The van der Waals surface area contributed by atoms with Crippen LogP contribution in [-0.2, 0) is 9.53 Å². The standard InChI is InChI=1S/C18H32F2N2O5S/c1-5-17(19)6-7-21-10(8-17)15(26)22-13(9(2)3)18(20)14(25)11(23)12(24)16(27-18)28-4/h9-14,16,21,23-25H,5-8H2,1-4H3,(H,22,26)/t10?,11-,12-,13?,14-,16-,17?,18-/m0/s1. The van der Waals surface area contributed by atoms with E-state index in [0.717, 1.165) is 11.8 Å². The summed E-state index contributed by atoms with van der Waals surface area (Å²) >= 11 is 0.983. The number of hydrogen-bond donors (Lipinski definition) is 5. The molecule has 7 nitrogen and oxygen atoms in total. The molecule has 0 radical (unpaired) electrons. The van der Waals surface area contributed by atoms with Crippen LogP contribution in [0.1, 0.15) is 40.0 Å². The molecule has 3 unspecified atom stereocenters. The number of hydrogen-bond acceptors (Lipinski definition) is 7. The van der Waals surface area contributed by atoms with Gasteiger partial charge in [-0.05, 0) is 31.6 Å². The van der Waals surface area contributed by atoms with Crippen LogP contribution in [0.25, 0.3) is 0 Å². The normalized spacial score (nSPS) is 43.0. The molecule has 0 spiro atoms. The highest BCUT2D eigenvalue weighted by Crippen LogP contribution is 2.39. The summed E-state index contributed by atoms with van der Waals surface area (Å²) in [4.78, 5) is 12.7. The minimum atomic E-state index is -2.82. The van der Waals surface area contributed by atoms with Gasteiger partial charge >= 0.3 is 0 Å². The van der Waals surface area contributed by atoms with Crippen LogP contribution in [0.15, 0.2) is 0 Å². The van der Waals surface area contributed by atoms with Gasteiger partial charge in [-0.25, -0.2) is 8.78 Å². The topological polar surface area (TPSA) is 111 Å². The summed E-state index contributed by atoms with van der Waals surface area (Å²) in [5.41, 5.74) is -2.58. The van der Waals surface area contributed by atoms with Gasteiger partial charge in [-0.3, -0.25) is 4.79 Å². The van der Waals surface area contributed by atoms with Gasteiger partial charge in [0, 0.05) is 6.42 Å². The van der Waals surface area contributed by atoms with E-state index in [0.29, 0.717) is 13.0 Å². The van der Waals surface area contributed by atoms with Crippen molar-refractivity contribution in [2.75, 3.05) is 12.8 Å². The Morgan fingerprint density at radius 2 is 1.96 bits per heavy atom. The van der Waals surface area contributed by atoms with Gasteiger partial charge in [-0.15, -0.1) is 11.8 Å². The van der Waals surface area contributed by atoms with Gasteiger partial charge in [-0.2, -0.15) is 0 Å². The highest BCUT2D eigenvalue weighted by Gasteiger charge is 2.59. The number of ether oxygens (including phenoxy) is 1. The zero-order chi connectivity index (χ0) is 21.3. The van der Waals surface area contributed by atoms with E-state index in [1.807, 2.05) is 0 Å². The maximum Gasteiger partial charge on any atom is 0.259 e. The van der Waals surface area contributed by atoms with Crippen molar-refractivity contribution in [3.8, 4) is 0 Å². The largest absolute Gasteiger partial charge is 0.387 e. The molecule has 2 heterocycles. The number of alkyl halides is 2. The fraction of sp³-hybridized carbons (Fsp3) is 0.944. The van der Waals surface area contributed by atoms with E-state index < -0.39 is 59.2 Å². The average molecular weight is 427 g/mol. The fourth-order valence-corrected chi connectivity index (χ4v) is 4.52. The minimum Gasteiger partial charge on any atom is -0.387 e. The van der Waals surface area contributed by atoms with Gasteiger partial charge in [0.25, 0.3) is 5.85 Å². The minimum absolute atomic E-state index is 0.0301. The van der Waals surface area contributed by atoms with Crippen LogP contribution in [0.5, 0.6) is 0 Å². The molecule has 2 saturated heterocycles. The predicted octanol–water partition coefficient (Wildman–Crippen LogP) is 0.465. The average Bonchev–Trinajstić information content (AvgIpc) is 2.66. The number of rotatable bonds is 6. The van der Waals surface area contributed by atoms with Crippen molar-refractivity contribution in [1.82, 2.24) is 10.6 Å². The van der Waals surface area contributed by atoms with E-state index in [1.165, 1.54) is 0 Å². The first-order valence-corrected chi connectivity index (χ1v) is 10.9. The summed E-state index contributed by atoms with van der Waals surface area (Å²) < 4.78 is 35.8. The lowest BCUT2D eigenvalue weighted by molar-refractivity contribution is -0.310. The molecule has 0 aromatic carbocycles. The summed E-state index contributed by atoms with van der Waals surface area (Å²) in [5.74, 6) is -3.93. The van der Waals surface area contributed by atoms with Crippen LogP contribution in [0.3, 0.4) is 0 Å². The van der Waals surface area contributed by atoms with E-state index in [-0.39, 0.29) is 12.8 Å². The number of carbonyl (C=O) groups is 1. The molecule has 0 aliphatic carbocycles. The second-order valence-electron chi connectivity index (χ2n) is 8.04. The molecule has 0 bridgehead atoms. The van der Waals surface area contributed by atoms with Crippen molar-refractivity contribution in [1.29, 1.82) is 0 Å². The summed E-state index contributed by atoms with van der Waals surface area (Å²) in [7, 11) is 0. The van der Waals surface area contributed by atoms with Crippen molar-refractivity contribution in [3.63, 3.8) is 0 Å². The van der Waals surface area contributed by atoms with Gasteiger partial charge in [0.2, 0.25) is 5.91 Å². The first kappa shape index (κ1) is 23.8. The molecule has 10 heteroatoms. The molecular formula is C18H32F2N2O5S. The molecule has 1 amide bonds. The lowest BCUT2D eigenvalue weighted by Gasteiger charge is -2.48. The van der Waals surface area contributed by atoms with Crippen molar-refractivity contribution in [2.24, 2.45) is 5.92 Å². The van der Waals surface area contributed by atoms with Crippen molar-refractivity contribution < 1.29 is 33.6 Å². The zero-order valence-corrected chi connectivity index (χ0v) is 17.5. The number of piperidine rings is 1. The Morgan fingerprint density at radius 1 is 1.32 bits per heavy atom. The third-order valence-corrected chi connectivity index (χ3v) is 6.60. The summed E-state index contributed by atoms with van der Waals surface area (Å²) in [6.07, 6.45) is -3.20. The lowest BCUT2D eigenvalue weighted by atomic mass is 9.85. The van der Waals surface area contributed by atoms with E-state index in [1.54, 1.807) is 27.0 Å². The molecular weight excluding hydrogens is 394 g/mol. The molecule has 2 fully saturated rings. The number of amides is 1. The number of carbonyl (C=O) groups excluding carboxylic acids is 1. The molecule has 0 aromatic heterocycles. The van der Waals surface area contributed by atoms with Gasteiger partial charge < -0.3 is 30.7 Å². The molecule has 5 N–H and O–H groups in total. The molecule has 0 saturated carbocycles. The molecule has 8 atom stereocenters. The van der Waals surface area contributed by atoms with Crippen LogP contribution in [0.4, 0.5) is 8.78 Å². The van der Waals surface area contributed by atoms with Crippen molar-refractivity contribution in [3.05, 3.63) is 0 Å². The summed E-state index contributed by atoms with van der Waals surface area (Å²) in [5, 5.41) is 35.8. The van der Waals surface area contributed by atoms with Crippen LogP contribution in [-0.4, -0.2) is 81.4 Å². The Balaban J connectivity index is 2.21. The molecule has 164 valence electrons. The first-order valence-electron chi connectivity index (χ1n) is 9.65. The number of nitrogens with one attached hydrogen (secondary N) is 2. The van der Waals surface area contributed by atoms with E-state index in [2.05, 4.69) is 10.6 Å². The van der Waals surface area contributed by atoms with Crippen molar-refractivity contribution >= 4 is 17.7 Å². The highest BCUT2D eigenvalue weighted by molar-refractivity contribution is 7.99. The Bertz CT molecular complexity index is 558. The van der Waals surface area contributed by atoms with E-state index in [4.69, 9.17) is 4.74 Å². The third kappa shape index (κ3) is 4.62. The number of thioether (sulfide) groups is 1. The fourth-order valence-electron chi connectivity index (χ4n) is 3.83. The number of aliphatic hydroxyl groups excluding tert-OH is 3. The van der Waals surface area contributed by atoms with E-state index in [9.17, 15) is 24.5 Å². The zero-order valence-electron chi connectivity index (χ0n) is 16.7. The van der Waals surface area contributed by atoms with Crippen LogP contribution >= 0.6 is 11.8 Å². The second kappa shape index (κ2) is 9.09. The maximum atomic E-state index is 15.8. The highest BCUT2D eigenvalue weighted by atomic mass is 32.2. The maximum absolute atomic E-state index is 15.8. The molecule has 2 rings (SSSR count). The molecule has 0 aromatic rings. The Labute approximate surface area is 168 Å². The number of halogens is 2. The summed E-state index contributed by atoms with van der Waals surface area (Å²) in [6.45, 7) is 5.31. The first-order chi connectivity index (χ1) is 13.0. The summed E-state index contributed by atoms with van der Waals surface area (Å²) in [6, 6.07) is -2.15. The SMILES string of the molecule is CCC1(F)CCNC(C(=O)NC(C(C)C)[C@]2(F)O[C@@H](SC)[C@@H](O)[C@H](O)[C@@H]2O)C1. The predicted molar refractivity (Wildman–Crippen MR) is 102 cm³/mol. The monoisotopic (exact) mass is 426 g/mol. The Morgan fingerprint density at radius 3 is 2.50 bits per heavy atom. The Kier molecular flexibility index (Phi) is 7.72. The van der Waals surface area contributed by atoms with Crippen LogP contribution < -0.4 is 10.6 Å². The second-order valence-corrected chi connectivity index (χ2v) is 8.98. The van der Waals surface area contributed by atoms with Gasteiger partial charge in [0.15, 0.2) is 0 Å². The smallest absolute Gasteiger partial charge is 0.259 e. The van der Waals surface area contributed by atoms with Crippen molar-refractivity contribution in [2.45, 2.75) is 87.4 Å². The van der Waals surface area contributed by atoms with Gasteiger partial charge in [0.1, 0.15) is 29.4 Å². The van der Waals surface area contributed by atoms with E-state index >= 15 is 4.39 Å². The van der Waals surface area contributed by atoms with Gasteiger partial charge in [-0.1, -0.05) is 20.8 Å². The molecule has 2 aliphatic rings.